The Hall–Kier alpha value is -2.32. The highest BCUT2D eigenvalue weighted by Crippen LogP contribution is 2.31. The van der Waals surface area contributed by atoms with E-state index in [2.05, 4.69) is 22.8 Å². The van der Waals surface area contributed by atoms with Crippen LogP contribution in [0, 0.1) is 0 Å². The van der Waals surface area contributed by atoms with Gasteiger partial charge < -0.3 is 26.6 Å². The monoisotopic (exact) mass is 563 g/mol. The van der Waals surface area contributed by atoms with Crippen LogP contribution in [0.2, 0.25) is 15.1 Å². The van der Waals surface area contributed by atoms with Crippen molar-refractivity contribution in [3.05, 3.63) is 98.0 Å². The minimum absolute atomic E-state index is 0.117. The van der Waals surface area contributed by atoms with Crippen molar-refractivity contribution in [2.75, 3.05) is 12.3 Å². The predicted octanol–water partition coefficient (Wildman–Crippen LogP) is 5.26. The highest BCUT2D eigenvalue weighted by molar-refractivity contribution is 6.38. The number of nitrogens with one attached hydrogen (secondary N) is 2. The highest BCUT2D eigenvalue weighted by Gasteiger charge is 2.19. The number of amides is 1. The summed E-state index contributed by atoms with van der Waals surface area (Å²) in [4.78, 5) is 12.4. The van der Waals surface area contributed by atoms with E-state index in [0.717, 1.165) is 17.5 Å². The molecule has 4 atom stereocenters. The van der Waals surface area contributed by atoms with E-state index < -0.39 is 18.1 Å². The van der Waals surface area contributed by atoms with Gasteiger partial charge in [0.25, 0.3) is 5.91 Å². The third-order valence-corrected chi connectivity index (χ3v) is 6.91. The van der Waals surface area contributed by atoms with Crippen molar-refractivity contribution in [1.29, 1.82) is 0 Å². The number of hydrogen-bond donors (Lipinski definition) is 5. The molecule has 6 N–H and O–H groups in total. The molecule has 0 aromatic heterocycles. The third kappa shape index (κ3) is 8.60. The van der Waals surface area contributed by atoms with Gasteiger partial charge in [0.2, 0.25) is 0 Å². The number of halogens is 3. The van der Waals surface area contributed by atoms with Crippen molar-refractivity contribution in [3.8, 4) is 0 Å². The number of nitrogens with two attached hydrogens (primary N) is 1. The van der Waals surface area contributed by atoms with Gasteiger partial charge in [-0.2, -0.15) is 0 Å². The fourth-order valence-electron chi connectivity index (χ4n) is 4.02. The van der Waals surface area contributed by atoms with Gasteiger partial charge in [-0.1, -0.05) is 71.2 Å². The summed E-state index contributed by atoms with van der Waals surface area (Å²) in [5.41, 5.74) is 9.34. The van der Waals surface area contributed by atoms with Gasteiger partial charge in [-0.25, -0.2) is 0 Å². The van der Waals surface area contributed by atoms with Crippen molar-refractivity contribution >= 4 is 46.4 Å². The highest BCUT2D eigenvalue weighted by atomic mass is 35.5. The number of carbonyl (C=O) groups excluding carboxylic acids is 1. The van der Waals surface area contributed by atoms with E-state index in [-0.39, 0.29) is 12.1 Å². The number of aliphatic hydroxyl groups excluding tert-OH is 2. The number of rotatable bonds is 11. The second-order valence-corrected chi connectivity index (χ2v) is 10.6. The van der Waals surface area contributed by atoms with Gasteiger partial charge in [-0.05, 0) is 73.2 Å². The van der Waals surface area contributed by atoms with E-state index >= 15 is 0 Å². The summed E-state index contributed by atoms with van der Waals surface area (Å²) in [5, 5.41) is 28.1. The maximum Gasteiger partial charge on any atom is 0.253 e. The first-order valence-electron chi connectivity index (χ1n) is 12.0. The second kappa shape index (κ2) is 13.5. The summed E-state index contributed by atoms with van der Waals surface area (Å²) in [6.07, 6.45) is -0.644. The molecule has 37 heavy (non-hydrogen) atoms. The molecule has 0 aliphatic carbocycles. The van der Waals surface area contributed by atoms with Gasteiger partial charge in [-0.15, -0.1) is 0 Å². The third-order valence-electron chi connectivity index (χ3n) is 6.05. The minimum atomic E-state index is -1.27. The summed E-state index contributed by atoms with van der Waals surface area (Å²) in [6.45, 7) is 4.29. The van der Waals surface area contributed by atoms with Crippen molar-refractivity contribution in [2.45, 2.75) is 51.0 Å². The van der Waals surface area contributed by atoms with Crippen LogP contribution >= 0.6 is 34.8 Å². The lowest BCUT2D eigenvalue weighted by Gasteiger charge is -2.19. The van der Waals surface area contributed by atoms with Crippen LogP contribution in [0.4, 0.5) is 5.69 Å². The Morgan fingerprint density at radius 1 is 0.865 bits per heavy atom. The molecular weight excluding hydrogens is 533 g/mol. The fraction of sp³-hybridized carbons (Fsp3) is 0.321. The van der Waals surface area contributed by atoms with Crippen molar-refractivity contribution in [2.24, 2.45) is 0 Å². The van der Waals surface area contributed by atoms with E-state index in [9.17, 15) is 15.0 Å². The first-order valence-corrected chi connectivity index (χ1v) is 13.1. The zero-order valence-electron chi connectivity index (χ0n) is 20.7. The lowest BCUT2D eigenvalue weighted by atomic mass is 10.0. The van der Waals surface area contributed by atoms with Gasteiger partial charge in [0.05, 0.1) is 21.8 Å². The minimum Gasteiger partial charge on any atom is -0.396 e. The van der Waals surface area contributed by atoms with Crippen LogP contribution in [0.5, 0.6) is 0 Å². The van der Waals surface area contributed by atoms with Gasteiger partial charge in [0.1, 0.15) is 0 Å². The average molecular weight is 565 g/mol. The molecule has 9 heteroatoms. The zero-order chi connectivity index (χ0) is 27.1. The standard InChI is InChI=1S/C28H32Cl3N3O3/c1-16(33-15-25(35)21-13-23(30)26(32)24(31)14-21)10-18-6-8-19(9-7-18)11-17(2)34-28(37)27(36)20-4-3-5-22(29)12-20/h3-9,12-14,16-17,25,27,33,35-36H,10-11,15,32H2,1-2H3,(H,34,37)/t16?,17?,25-,27?/m0/s1. The number of benzene rings is 3. The Bertz CT molecular complexity index is 1180. The Morgan fingerprint density at radius 2 is 1.43 bits per heavy atom. The van der Waals surface area contributed by atoms with Crippen LogP contribution in [0.1, 0.15) is 48.3 Å². The normalized spacial score (nSPS) is 14.6. The summed E-state index contributed by atoms with van der Waals surface area (Å²) in [5.74, 6) is -0.461. The molecule has 0 aliphatic rings. The lowest BCUT2D eigenvalue weighted by Crippen LogP contribution is -2.37. The SMILES string of the molecule is CC(Cc1ccc(CC(C)NC(=O)C(O)c2cccc(Cl)c2)cc1)NC[C@H](O)c1cc(Cl)c(N)c(Cl)c1. The first kappa shape index (κ1) is 29.2. The van der Waals surface area contributed by atoms with Gasteiger partial charge in [0, 0.05) is 23.7 Å². The molecule has 0 saturated carbocycles. The fourth-order valence-corrected chi connectivity index (χ4v) is 4.72. The molecule has 1 amide bonds. The summed E-state index contributed by atoms with van der Waals surface area (Å²) >= 11 is 18.1. The molecule has 0 radical (unpaired) electrons. The van der Waals surface area contributed by atoms with Crippen LogP contribution in [-0.2, 0) is 17.6 Å². The molecule has 0 aliphatic heterocycles. The predicted molar refractivity (Wildman–Crippen MR) is 151 cm³/mol. The van der Waals surface area contributed by atoms with Crippen molar-refractivity contribution < 1.29 is 15.0 Å². The molecule has 0 fully saturated rings. The quantitative estimate of drug-likeness (QED) is 0.204. The number of hydrogen-bond acceptors (Lipinski definition) is 5. The largest absolute Gasteiger partial charge is 0.396 e. The molecule has 0 bridgehead atoms. The summed E-state index contributed by atoms with van der Waals surface area (Å²) < 4.78 is 0. The van der Waals surface area contributed by atoms with Crippen LogP contribution in [-0.4, -0.2) is 34.7 Å². The molecular formula is C28H32Cl3N3O3. The van der Waals surface area contributed by atoms with Gasteiger partial charge in [-0.3, -0.25) is 4.79 Å². The molecule has 0 heterocycles. The van der Waals surface area contributed by atoms with Crippen molar-refractivity contribution in [1.82, 2.24) is 10.6 Å². The molecule has 3 rings (SSSR count). The Morgan fingerprint density at radius 3 is 2.00 bits per heavy atom. The van der Waals surface area contributed by atoms with Gasteiger partial charge >= 0.3 is 0 Å². The van der Waals surface area contributed by atoms with Crippen LogP contribution in [0.15, 0.2) is 60.7 Å². The smallest absolute Gasteiger partial charge is 0.253 e. The molecule has 6 nitrogen and oxygen atoms in total. The summed E-state index contributed by atoms with van der Waals surface area (Å²) in [6, 6.07) is 18.0. The van der Waals surface area contributed by atoms with E-state index in [0.29, 0.717) is 44.8 Å². The summed E-state index contributed by atoms with van der Waals surface area (Å²) in [7, 11) is 0. The Balaban J connectivity index is 1.46. The maximum absolute atomic E-state index is 12.4. The van der Waals surface area contributed by atoms with E-state index in [1.807, 2.05) is 26.0 Å². The Kier molecular flexibility index (Phi) is 10.6. The van der Waals surface area contributed by atoms with Crippen LogP contribution in [0.25, 0.3) is 0 Å². The van der Waals surface area contributed by atoms with Gasteiger partial charge in [0.15, 0.2) is 6.10 Å². The molecule has 198 valence electrons. The second-order valence-electron chi connectivity index (χ2n) is 9.32. The average Bonchev–Trinajstić information content (AvgIpc) is 2.86. The number of aliphatic hydroxyl groups is 2. The van der Waals surface area contributed by atoms with E-state index in [4.69, 9.17) is 40.5 Å². The zero-order valence-corrected chi connectivity index (χ0v) is 23.0. The molecule has 0 spiro atoms. The maximum atomic E-state index is 12.4. The van der Waals surface area contributed by atoms with Crippen molar-refractivity contribution in [3.63, 3.8) is 0 Å². The number of nitrogen functional groups attached to an aromatic ring is 1. The molecule has 3 unspecified atom stereocenters. The Labute approximate surface area is 232 Å². The molecule has 3 aromatic carbocycles. The number of anilines is 1. The molecule has 3 aromatic rings. The number of carbonyl (C=O) groups is 1. The van der Waals surface area contributed by atoms with E-state index in [1.165, 1.54) is 0 Å². The topological polar surface area (TPSA) is 108 Å². The van der Waals surface area contributed by atoms with Crippen LogP contribution in [0.3, 0.4) is 0 Å². The molecule has 0 saturated heterocycles. The first-order chi connectivity index (χ1) is 17.5. The van der Waals surface area contributed by atoms with E-state index in [1.54, 1.807) is 36.4 Å². The lowest BCUT2D eigenvalue weighted by molar-refractivity contribution is -0.130. The van der Waals surface area contributed by atoms with Crippen LogP contribution < -0.4 is 16.4 Å².